The number of phenols is 6. The van der Waals surface area contributed by atoms with Crippen molar-refractivity contribution in [2.75, 3.05) is 0 Å². The van der Waals surface area contributed by atoms with Crippen molar-refractivity contribution in [1.29, 1.82) is 0 Å². The van der Waals surface area contributed by atoms with Crippen LogP contribution in [-0.2, 0) is 0 Å². The van der Waals surface area contributed by atoms with Crippen molar-refractivity contribution >= 4 is 55.5 Å². The monoisotopic (exact) mass is 1340 g/mol. The van der Waals surface area contributed by atoms with Gasteiger partial charge in [0, 0.05) is 79.2 Å². The molecule has 0 radical (unpaired) electrons. The summed E-state index contributed by atoms with van der Waals surface area (Å²) in [5, 5.41) is 76.5. The molecule has 8 nitrogen and oxygen atoms in total. The fourth-order valence-corrected chi connectivity index (χ4v) is 14.0. The van der Waals surface area contributed by atoms with Crippen LogP contribution in [0, 0.1) is 23.7 Å². The van der Waals surface area contributed by atoms with Gasteiger partial charge in [-0.2, -0.15) is 0 Å². The summed E-state index contributed by atoms with van der Waals surface area (Å²) >= 11 is 0. The Bertz CT molecular complexity index is 5790. The highest BCUT2D eigenvalue weighted by Crippen LogP contribution is 2.48. The summed E-state index contributed by atoms with van der Waals surface area (Å²) in [6.45, 7) is 0. The van der Waals surface area contributed by atoms with E-state index in [-0.39, 0.29) is 34.5 Å². The van der Waals surface area contributed by atoms with Crippen LogP contribution >= 0.6 is 0 Å². The maximum absolute atomic E-state index is 12.4. The van der Waals surface area contributed by atoms with Gasteiger partial charge in [-0.15, -0.1) is 0 Å². The molecule has 0 heterocycles. The molecule has 494 valence electrons. The summed E-state index contributed by atoms with van der Waals surface area (Å²) in [7, 11) is 0. The highest BCUT2D eigenvalue weighted by Gasteiger charge is 2.26. The molecule has 0 aliphatic heterocycles. The minimum absolute atomic E-state index is 0.0714. The summed E-state index contributed by atoms with van der Waals surface area (Å²) in [5.74, 6) is 13.9. The number of aromatic hydroxyl groups is 6. The lowest BCUT2D eigenvalue weighted by atomic mass is 9.91. The quantitative estimate of drug-likeness (QED) is 0.0501. The first-order valence-electron chi connectivity index (χ1n) is 34.2. The van der Waals surface area contributed by atoms with Gasteiger partial charge in [-0.05, 0) is 185 Å². The first-order chi connectivity index (χ1) is 51.0. The van der Waals surface area contributed by atoms with Gasteiger partial charge >= 0.3 is 0 Å². The van der Waals surface area contributed by atoms with Crippen LogP contribution < -0.4 is 0 Å². The minimum Gasteiger partial charge on any atom is -0.507 e. The van der Waals surface area contributed by atoms with E-state index in [1.54, 1.807) is 36.7 Å². The fraction of sp³-hybridized carbons (Fsp3) is 0.0208. The number of phenolic OH excluding ortho intramolecular Hbond substituents is 6. The molecule has 16 aromatic rings. The molecule has 8 heteroatoms. The third kappa shape index (κ3) is 13.0. The van der Waals surface area contributed by atoms with Crippen molar-refractivity contribution in [2.24, 2.45) is 9.98 Å². The van der Waals surface area contributed by atoms with Crippen molar-refractivity contribution < 1.29 is 30.6 Å². The van der Waals surface area contributed by atoms with Crippen molar-refractivity contribution in [3.8, 4) is 125 Å². The van der Waals surface area contributed by atoms with Gasteiger partial charge in [0.05, 0.1) is 0 Å². The second-order valence-electron chi connectivity index (χ2n) is 25.7. The van der Waals surface area contributed by atoms with Crippen LogP contribution in [0.4, 0.5) is 0 Å². The van der Waals surface area contributed by atoms with E-state index in [1.165, 1.54) is 0 Å². The Morgan fingerprint density at radius 1 is 0.240 bits per heavy atom. The van der Waals surface area contributed by atoms with Crippen LogP contribution in [0.15, 0.2) is 338 Å². The molecule has 0 amide bonds. The summed E-state index contributed by atoms with van der Waals surface area (Å²) < 4.78 is 0. The average molecular weight is 1340 g/mol. The molecule has 0 aliphatic carbocycles. The highest BCUT2D eigenvalue weighted by atomic mass is 16.3. The number of hydrogen-bond donors (Lipinski definition) is 6. The van der Waals surface area contributed by atoms with Crippen molar-refractivity contribution in [2.45, 2.75) is 12.1 Å². The average Bonchev–Trinajstić information content (AvgIpc) is 0.789. The maximum Gasteiger partial charge on any atom is 0.132 e. The molecule has 0 bridgehead atoms. The standard InChI is InChI=1S/C96H64N2O6/c99-85-49-43-69-21-13-15-27-79(69)89(85)91-81-47-37-63(53-73(81)45-51-87(91)101)31-29-61-33-39-65(40-34-61)75-55-77(95(103)83(57-75)67-17-5-1-6-18-67)59-97-93(71-23-9-3-10-24-71)94(72-25-11-4-12-26-72)98-60-78-56-76(58-84(96(78)104)68-19-7-2-8-20-68)66-41-35-62(36-42-66)30-32-64-38-48-82-74(54-64)46-52-88(102)92(82)90-80-28-16-14-22-70(80)44-50-86(90)100/h1-28,33-60,93-94,99-104H. The Labute approximate surface area is 601 Å². The van der Waals surface area contributed by atoms with Crippen molar-refractivity contribution in [3.05, 3.63) is 372 Å². The van der Waals surface area contributed by atoms with Gasteiger partial charge in [0.2, 0.25) is 0 Å². The van der Waals surface area contributed by atoms with Gasteiger partial charge in [0.25, 0.3) is 0 Å². The van der Waals surface area contributed by atoms with Crippen LogP contribution in [-0.4, -0.2) is 43.1 Å². The lowest BCUT2D eigenvalue weighted by molar-refractivity contribution is 0.470. The van der Waals surface area contributed by atoms with E-state index < -0.39 is 12.1 Å². The van der Waals surface area contributed by atoms with E-state index >= 15 is 0 Å². The predicted molar refractivity (Wildman–Crippen MR) is 424 cm³/mol. The molecule has 0 aromatic heterocycles. The molecule has 104 heavy (non-hydrogen) atoms. The minimum atomic E-state index is -0.622. The largest absolute Gasteiger partial charge is 0.507 e. The molecule has 6 N–H and O–H groups in total. The van der Waals surface area contributed by atoms with E-state index in [1.807, 2.05) is 303 Å². The van der Waals surface area contributed by atoms with E-state index in [2.05, 4.69) is 23.7 Å². The van der Waals surface area contributed by atoms with Crippen molar-refractivity contribution in [3.63, 3.8) is 0 Å². The second kappa shape index (κ2) is 28.2. The zero-order chi connectivity index (χ0) is 70.6. The number of hydrogen-bond acceptors (Lipinski definition) is 8. The smallest absolute Gasteiger partial charge is 0.132 e. The summed E-state index contributed by atoms with van der Waals surface area (Å²) in [5.41, 5.74) is 14.7. The molecule has 0 fully saturated rings. The molecule has 2 unspecified atom stereocenters. The Kier molecular flexibility index (Phi) is 17.5. The van der Waals surface area contributed by atoms with E-state index in [0.717, 1.165) is 110 Å². The first kappa shape index (κ1) is 64.5. The molecule has 16 aromatic carbocycles. The molecule has 2 atom stereocenters. The van der Waals surface area contributed by atoms with Crippen LogP contribution in [0.1, 0.15) is 56.6 Å². The van der Waals surface area contributed by atoms with Crippen LogP contribution in [0.3, 0.4) is 0 Å². The molecule has 0 spiro atoms. The molecular weight excluding hydrogens is 1280 g/mol. The number of aliphatic imine (C=N–C) groups is 2. The topological polar surface area (TPSA) is 146 Å². The zero-order valence-electron chi connectivity index (χ0n) is 56.1. The van der Waals surface area contributed by atoms with Crippen LogP contribution in [0.5, 0.6) is 34.5 Å². The normalized spacial score (nSPS) is 12.0. The van der Waals surface area contributed by atoms with Crippen LogP contribution in [0.25, 0.3) is 110 Å². The number of rotatable bonds is 13. The molecule has 0 saturated carbocycles. The van der Waals surface area contributed by atoms with Gasteiger partial charge < -0.3 is 30.6 Å². The number of benzene rings is 16. The lowest BCUT2D eigenvalue weighted by Crippen LogP contribution is -2.09. The van der Waals surface area contributed by atoms with Gasteiger partial charge in [-0.25, -0.2) is 0 Å². The fourth-order valence-electron chi connectivity index (χ4n) is 14.0. The Morgan fingerprint density at radius 2 is 0.548 bits per heavy atom. The highest BCUT2D eigenvalue weighted by molar-refractivity contribution is 6.11. The Balaban J connectivity index is 0.710. The number of nitrogens with zero attached hydrogens (tertiary/aromatic N) is 2. The van der Waals surface area contributed by atoms with E-state index in [9.17, 15) is 30.6 Å². The second-order valence-corrected chi connectivity index (χ2v) is 25.7. The van der Waals surface area contributed by atoms with Crippen LogP contribution in [0.2, 0.25) is 0 Å². The van der Waals surface area contributed by atoms with E-state index in [4.69, 9.17) is 9.98 Å². The van der Waals surface area contributed by atoms with Gasteiger partial charge in [-0.1, -0.05) is 254 Å². The van der Waals surface area contributed by atoms with E-state index in [0.29, 0.717) is 44.5 Å². The molecular formula is C96H64N2O6. The predicted octanol–water partition coefficient (Wildman–Crippen LogP) is 22.4. The summed E-state index contributed by atoms with van der Waals surface area (Å²) in [4.78, 5) is 10.8. The van der Waals surface area contributed by atoms with Gasteiger partial charge in [0.1, 0.15) is 46.6 Å². The molecule has 0 saturated heterocycles. The first-order valence-corrected chi connectivity index (χ1v) is 34.2. The zero-order valence-corrected chi connectivity index (χ0v) is 56.1. The molecule has 0 aliphatic rings. The number of fused-ring (bicyclic) bond motifs is 4. The van der Waals surface area contributed by atoms with Gasteiger partial charge in [0.15, 0.2) is 0 Å². The Hall–Kier alpha value is -14.2. The maximum atomic E-state index is 12.4. The van der Waals surface area contributed by atoms with Crippen molar-refractivity contribution in [1.82, 2.24) is 0 Å². The third-order valence-electron chi connectivity index (χ3n) is 19.2. The summed E-state index contributed by atoms with van der Waals surface area (Å²) in [6, 6.07) is 104. The third-order valence-corrected chi connectivity index (χ3v) is 19.2. The SMILES string of the molecule is Oc1ccc2ccccc2c1-c1c(O)ccc2cc(C#Cc3ccc(-c4cc(C=NC(c5ccccc5)C(N=Cc5cc(-c6ccc(C#Cc7ccc8c(-c9c(O)ccc%10ccccc9%10)c(O)ccc8c7)cc6)cc(-c6ccccc6)c5O)c5ccccc5)c(O)c(-c5ccccc5)c4)cc3)ccc12. The Morgan fingerprint density at radius 3 is 0.923 bits per heavy atom. The van der Waals surface area contributed by atoms with Gasteiger partial charge in [-0.3, -0.25) is 9.98 Å². The molecule has 16 rings (SSSR count). The summed E-state index contributed by atoms with van der Waals surface area (Å²) in [6.07, 6.45) is 3.49. The lowest BCUT2D eigenvalue weighted by Gasteiger charge is -2.22.